The number of hydrogen-bond donors (Lipinski definition) is 1. The first-order valence-electron chi connectivity index (χ1n) is 7.10. The summed E-state index contributed by atoms with van der Waals surface area (Å²) in [5.74, 6) is 0.228. The van der Waals surface area contributed by atoms with Crippen LogP contribution >= 0.6 is 11.6 Å². The highest BCUT2D eigenvalue weighted by molar-refractivity contribution is 6.33. The van der Waals surface area contributed by atoms with Crippen LogP contribution in [0.25, 0.3) is 0 Å². The number of carbonyl (C=O) groups excluding carboxylic acids is 1. The van der Waals surface area contributed by atoms with Crippen molar-refractivity contribution in [3.63, 3.8) is 0 Å². The standard InChI is InChI=1S/C14H19ClN4O/c15-11-4-5-12(16)17-13(11)14(20)19-8-2-7-18-6-1-3-10(18)9-19/h4-5,10H,1-3,6-9H2,(H2,16,17). The van der Waals surface area contributed by atoms with Gasteiger partial charge in [-0.15, -0.1) is 0 Å². The third-order valence-electron chi connectivity index (χ3n) is 4.16. The Morgan fingerprint density at radius 3 is 2.95 bits per heavy atom. The molecule has 3 rings (SSSR count). The lowest BCUT2D eigenvalue weighted by molar-refractivity contribution is 0.0738. The first kappa shape index (κ1) is 13.6. The highest BCUT2D eigenvalue weighted by Gasteiger charge is 2.31. The molecule has 2 aliphatic rings. The predicted molar refractivity (Wildman–Crippen MR) is 78.8 cm³/mol. The topological polar surface area (TPSA) is 62.5 Å². The number of carbonyl (C=O) groups is 1. The van der Waals surface area contributed by atoms with Crippen LogP contribution in [0.2, 0.25) is 5.02 Å². The van der Waals surface area contributed by atoms with Crippen LogP contribution in [-0.2, 0) is 0 Å². The second kappa shape index (κ2) is 5.58. The van der Waals surface area contributed by atoms with Crippen LogP contribution in [0.1, 0.15) is 29.8 Å². The molecule has 6 heteroatoms. The van der Waals surface area contributed by atoms with Gasteiger partial charge in [0.1, 0.15) is 11.5 Å². The van der Waals surface area contributed by atoms with Crippen LogP contribution in [0, 0.1) is 0 Å². The third-order valence-corrected chi connectivity index (χ3v) is 4.47. The van der Waals surface area contributed by atoms with Gasteiger partial charge < -0.3 is 10.6 Å². The number of rotatable bonds is 1. The molecule has 1 atom stereocenters. The van der Waals surface area contributed by atoms with Crippen LogP contribution in [0.5, 0.6) is 0 Å². The zero-order valence-corrected chi connectivity index (χ0v) is 12.1. The molecule has 20 heavy (non-hydrogen) atoms. The van der Waals surface area contributed by atoms with Crippen molar-refractivity contribution in [2.45, 2.75) is 25.3 Å². The highest BCUT2D eigenvalue weighted by atomic mass is 35.5. The normalized spacial score (nSPS) is 23.4. The molecule has 5 nitrogen and oxygen atoms in total. The minimum Gasteiger partial charge on any atom is -0.384 e. The van der Waals surface area contributed by atoms with E-state index in [0.29, 0.717) is 16.9 Å². The van der Waals surface area contributed by atoms with E-state index in [1.165, 1.54) is 12.8 Å². The van der Waals surface area contributed by atoms with Gasteiger partial charge in [-0.05, 0) is 37.9 Å². The Hall–Kier alpha value is -1.33. The lowest BCUT2D eigenvalue weighted by Gasteiger charge is -2.25. The first-order valence-corrected chi connectivity index (χ1v) is 7.48. The maximum atomic E-state index is 12.6. The van der Waals surface area contributed by atoms with Gasteiger partial charge in [-0.25, -0.2) is 4.98 Å². The number of pyridine rings is 1. The fraction of sp³-hybridized carbons (Fsp3) is 0.571. The summed E-state index contributed by atoms with van der Waals surface area (Å²) in [6.07, 6.45) is 3.40. The molecular weight excluding hydrogens is 276 g/mol. The largest absolute Gasteiger partial charge is 0.384 e. The SMILES string of the molecule is Nc1ccc(Cl)c(C(=O)N2CCCN3CCCC3C2)n1. The van der Waals surface area contributed by atoms with Gasteiger partial charge in [0, 0.05) is 25.7 Å². The minimum absolute atomic E-state index is 0.101. The summed E-state index contributed by atoms with van der Waals surface area (Å²) in [4.78, 5) is 21.1. The molecule has 0 aromatic carbocycles. The maximum absolute atomic E-state index is 12.6. The van der Waals surface area contributed by atoms with E-state index in [9.17, 15) is 4.79 Å². The van der Waals surface area contributed by atoms with E-state index in [0.717, 1.165) is 32.6 Å². The van der Waals surface area contributed by atoms with Crippen molar-refractivity contribution in [1.82, 2.24) is 14.8 Å². The van der Waals surface area contributed by atoms with E-state index in [4.69, 9.17) is 17.3 Å². The number of halogens is 1. The number of amides is 1. The fourth-order valence-electron chi connectivity index (χ4n) is 3.15. The van der Waals surface area contributed by atoms with Crippen LogP contribution in [0.15, 0.2) is 12.1 Å². The molecule has 1 amide bonds. The number of fused-ring (bicyclic) bond motifs is 1. The lowest BCUT2D eigenvalue weighted by Crippen LogP contribution is -2.40. The van der Waals surface area contributed by atoms with Gasteiger partial charge in [-0.1, -0.05) is 11.6 Å². The summed E-state index contributed by atoms with van der Waals surface area (Å²) in [7, 11) is 0. The van der Waals surface area contributed by atoms with Crippen molar-refractivity contribution in [3.8, 4) is 0 Å². The molecule has 2 N–H and O–H groups in total. The Balaban J connectivity index is 1.80. The van der Waals surface area contributed by atoms with Gasteiger partial charge in [0.05, 0.1) is 5.02 Å². The number of nitrogens with two attached hydrogens (primary N) is 1. The van der Waals surface area contributed by atoms with Crippen LogP contribution in [-0.4, -0.2) is 52.9 Å². The summed E-state index contributed by atoms with van der Waals surface area (Å²) in [6, 6.07) is 3.73. The second-order valence-corrected chi connectivity index (χ2v) is 5.91. The molecule has 108 valence electrons. The molecule has 2 aliphatic heterocycles. The summed E-state index contributed by atoms with van der Waals surface area (Å²) >= 11 is 6.09. The smallest absolute Gasteiger partial charge is 0.274 e. The Labute approximate surface area is 123 Å². The van der Waals surface area contributed by atoms with Crippen molar-refractivity contribution < 1.29 is 4.79 Å². The van der Waals surface area contributed by atoms with Crippen LogP contribution in [0.4, 0.5) is 5.82 Å². The van der Waals surface area contributed by atoms with E-state index >= 15 is 0 Å². The van der Waals surface area contributed by atoms with Gasteiger partial charge in [-0.2, -0.15) is 0 Å². The van der Waals surface area contributed by atoms with E-state index in [1.807, 2.05) is 4.90 Å². The molecular formula is C14H19ClN4O. The van der Waals surface area contributed by atoms with Gasteiger partial charge in [0.25, 0.3) is 5.91 Å². The Morgan fingerprint density at radius 2 is 2.10 bits per heavy atom. The highest BCUT2D eigenvalue weighted by Crippen LogP contribution is 2.23. The number of anilines is 1. The first-order chi connectivity index (χ1) is 9.65. The summed E-state index contributed by atoms with van der Waals surface area (Å²) in [5.41, 5.74) is 5.94. The van der Waals surface area contributed by atoms with Crippen molar-refractivity contribution in [1.29, 1.82) is 0 Å². The number of nitrogens with zero attached hydrogens (tertiary/aromatic N) is 3. The zero-order valence-electron chi connectivity index (χ0n) is 11.4. The van der Waals surface area contributed by atoms with Gasteiger partial charge >= 0.3 is 0 Å². The second-order valence-electron chi connectivity index (χ2n) is 5.50. The Bertz CT molecular complexity index is 522. The average molecular weight is 295 g/mol. The van der Waals surface area contributed by atoms with Crippen molar-refractivity contribution in [2.24, 2.45) is 0 Å². The molecule has 1 aromatic rings. The van der Waals surface area contributed by atoms with Crippen molar-refractivity contribution >= 4 is 23.3 Å². The summed E-state index contributed by atoms with van der Waals surface area (Å²) < 4.78 is 0. The molecule has 1 aromatic heterocycles. The number of nitrogen functional groups attached to an aromatic ring is 1. The van der Waals surface area contributed by atoms with E-state index < -0.39 is 0 Å². The van der Waals surface area contributed by atoms with E-state index in [-0.39, 0.29) is 11.6 Å². The van der Waals surface area contributed by atoms with Crippen molar-refractivity contribution in [3.05, 3.63) is 22.8 Å². The molecule has 0 bridgehead atoms. The number of aromatic nitrogens is 1. The Kier molecular flexibility index (Phi) is 3.81. The minimum atomic E-state index is -0.101. The van der Waals surface area contributed by atoms with Crippen LogP contribution in [0.3, 0.4) is 0 Å². The molecule has 0 radical (unpaired) electrons. The molecule has 0 spiro atoms. The zero-order chi connectivity index (χ0) is 14.1. The van der Waals surface area contributed by atoms with Gasteiger partial charge in [0.2, 0.25) is 0 Å². The molecule has 0 saturated carbocycles. The van der Waals surface area contributed by atoms with Gasteiger partial charge in [0.15, 0.2) is 0 Å². The monoisotopic (exact) mass is 294 g/mol. The summed E-state index contributed by atoms with van der Waals surface area (Å²) in [6.45, 7) is 3.76. The predicted octanol–water partition coefficient (Wildman–Crippen LogP) is 1.63. The molecule has 0 aliphatic carbocycles. The summed E-state index contributed by atoms with van der Waals surface area (Å²) in [5, 5.41) is 0.372. The quantitative estimate of drug-likeness (QED) is 0.855. The molecule has 2 saturated heterocycles. The van der Waals surface area contributed by atoms with E-state index in [1.54, 1.807) is 12.1 Å². The van der Waals surface area contributed by atoms with Crippen LogP contribution < -0.4 is 5.73 Å². The Morgan fingerprint density at radius 1 is 1.30 bits per heavy atom. The third kappa shape index (κ3) is 2.60. The lowest BCUT2D eigenvalue weighted by atomic mass is 10.2. The van der Waals surface area contributed by atoms with E-state index in [2.05, 4.69) is 9.88 Å². The maximum Gasteiger partial charge on any atom is 0.274 e. The fourth-order valence-corrected chi connectivity index (χ4v) is 3.33. The molecule has 3 heterocycles. The molecule has 1 unspecified atom stereocenters. The van der Waals surface area contributed by atoms with Crippen molar-refractivity contribution in [2.75, 3.05) is 31.9 Å². The van der Waals surface area contributed by atoms with Gasteiger partial charge in [-0.3, -0.25) is 9.69 Å². The number of hydrogen-bond acceptors (Lipinski definition) is 4. The molecule has 2 fully saturated rings. The average Bonchev–Trinajstić information content (AvgIpc) is 2.78.